The maximum atomic E-state index is 3.83. The summed E-state index contributed by atoms with van der Waals surface area (Å²) in [6.45, 7) is 10.4. The summed E-state index contributed by atoms with van der Waals surface area (Å²) in [7, 11) is 0. The van der Waals surface area contributed by atoms with Crippen LogP contribution >= 0.6 is 0 Å². The van der Waals surface area contributed by atoms with Crippen LogP contribution in [0.5, 0.6) is 0 Å². The van der Waals surface area contributed by atoms with E-state index in [9.17, 15) is 0 Å². The fourth-order valence-electron chi connectivity index (χ4n) is 1.91. The standard InChI is InChI=1S/C14H20/c1-5-7-13(6-2)14-10-11(3)8-9-12(14)4/h5,8-10,13H,1,6-7H2,2-4H3. The molecular weight excluding hydrogens is 168 g/mol. The van der Waals surface area contributed by atoms with Gasteiger partial charge in [-0.1, -0.05) is 36.8 Å². The number of hydrogen-bond donors (Lipinski definition) is 0. The van der Waals surface area contributed by atoms with Crippen molar-refractivity contribution in [2.24, 2.45) is 0 Å². The van der Waals surface area contributed by atoms with Crippen LogP contribution in [0, 0.1) is 13.8 Å². The van der Waals surface area contributed by atoms with Crippen LogP contribution in [-0.2, 0) is 0 Å². The zero-order valence-electron chi connectivity index (χ0n) is 9.51. The molecule has 0 heteroatoms. The molecule has 1 unspecified atom stereocenters. The van der Waals surface area contributed by atoms with Gasteiger partial charge in [0.25, 0.3) is 0 Å². The number of benzene rings is 1. The first kappa shape index (κ1) is 11.0. The molecule has 0 aliphatic rings. The smallest absolute Gasteiger partial charge is 0.0127 e. The van der Waals surface area contributed by atoms with Gasteiger partial charge in [0.2, 0.25) is 0 Å². The third-order valence-corrected chi connectivity index (χ3v) is 2.82. The van der Waals surface area contributed by atoms with E-state index in [-0.39, 0.29) is 0 Å². The molecule has 0 amide bonds. The van der Waals surface area contributed by atoms with Crippen LogP contribution in [0.25, 0.3) is 0 Å². The minimum absolute atomic E-state index is 0.646. The molecule has 0 saturated heterocycles. The Hall–Kier alpha value is -1.04. The lowest BCUT2D eigenvalue weighted by atomic mass is 9.89. The second-order valence-corrected chi connectivity index (χ2v) is 3.99. The molecule has 14 heavy (non-hydrogen) atoms. The molecule has 0 aliphatic carbocycles. The third-order valence-electron chi connectivity index (χ3n) is 2.82. The second-order valence-electron chi connectivity index (χ2n) is 3.99. The Morgan fingerprint density at radius 3 is 2.64 bits per heavy atom. The molecule has 0 nitrogen and oxygen atoms in total. The average molecular weight is 188 g/mol. The van der Waals surface area contributed by atoms with Crippen LogP contribution in [0.15, 0.2) is 30.9 Å². The quantitative estimate of drug-likeness (QED) is 0.615. The first-order valence-electron chi connectivity index (χ1n) is 5.37. The minimum atomic E-state index is 0.646. The van der Waals surface area contributed by atoms with Crippen molar-refractivity contribution in [1.82, 2.24) is 0 Å². The van der Waals surface area contributed by atoms with Crippen LogP contribution in [0.4, 0.5) is 0 Å². The van der Waals surface area contributed by atoms with Crippen molar-refractivity contribution >= 4 is 0 Å². The van der Waals surface area contributed by atoms with Gasteiger partial charge in [0, 0.05) is 0 Å². The van der Waals surface area contributed by atoms with E-state index in [1.54, 1.807) is 0 Å². The van der Waals surface area contributed by atoms with Crippen molar-refractivity contribution in [1.29, 1.82) is 0 Å². The molecule has 1 aromatic rings. The van der Waals surface area contributed by atoms with E-state index < -0.39 is 0 Å². The van der Waals surface area contributed by atoms with Gasteiger partial charge in [0.05, 0.1) is 0 Å². The van der Waals surface area contributed by atoms with Crippen LogP contribution in [0.3, 0.4) is 0 Å². The largest absolute Gasteiger partial charge is 0.103 e. The van der Waals surface area contributed by atoms with Crippen molar-refractivity contribution in [2.45, 2.75) is 39.5 Å². The topological polar surface area (TPSA) is 0 Å². The summed E-state index contributed by atoms with van der Waals surface area (Å²) in [5, 5.41) is 0. The van der Waals surface area contributed by atoms with Crippen molar-refractivity contribution in [3.63, 3.8) is 0 Å². The van der Waals surface area contributed by atoms with Crippen LogP contribution in [0.2, 0.25) is 0 Å². The zero-order chi connectivity index (χ0) is 10.6. The molecule has 0 N–H and O–H groups in total. The van der Waals surface area contributed by atoms with E-state index in [1.807, 2.05) is 6.08 Å². The first-order chi connectivity index (χ1) is 6.69. The number of aryl methyl sites for hydroxylation is 2. The van der Waals surface area contributed by atoms with Crippen molar-refractivity contribution in [2.75, 3.05) is 0 Å². The lowest BCUT2D eigenvalue weighted by Crippen LogP contribution is -1.99. The Morgan fingerprint density at radius 2 is 2.07 bits per heavy atom. The number of allylic oxidation sites excluding steroid dienone is 1. The average Bonchev–Trinajstić information content (AvgIpc) is 2.18. The van der Waals surface area contributed by atoms with E-state index in [4.69, 9.17) is 0 Å². The Morgan fingerprint density at radius 1 is 1.36 bits per heavy atom. The normalized spacial score (nSPS) is 12.5. The van der Waals surface area contributed by atoms with E-state index >= 15 is 0 Å². The van der Waals surface area contributed by atoms with Gasteiger partial charge >= 0.3 is 0 Å². The molecule has 1 atom stereocenters. The number of hydrogen-bond acceptors (Lipinski definition) is 0. The molecule has 76 valence electrons. The SMILES string of the molecule is C=CCC(CC)c1cc(C)ccc1C. The van der Waals surface area contributed by atoms with Gasteiger partial charge in [-0.3, -0.25) is 0 Å². The summed E-state index contributed by atoms with van der Waals surface area (Å²) in [6, 6.07) is 6.71. The van der Waals surface area contributed by atoms with Crippen LogP contribution in [-0.4, -0.2) is 0 Å². The minimum Gasteiger partial charge on any atom is -0.103 e. The Kier molecular flexibility index (Phi) is 3.94. The molecule has 0 fully saturated rings. The highest BCUT2D eigenvalue weighted by Crippen LogP contribution is 2.27. The Bertz CT molecular complexity index is 310. The Labute approximate surface area is 87.7 Å². The molecule has 0 aromatic heterocycles. The third kappa shape index (κ3) is 2.47. The zero-order valence-corrected chi connectivity index (χ0v) is 9.51. The van der Waals surface area contributed by atoms with Gasteiger partial charge < -0.3 is 0 Å². The first-order valence-corrected chi connectivity index (χ1v) is 5.37. The molecular formula is C14H20. The molecule has 1 aromatic carbocycles. The highest BCUT2D eigenvalue weighted by Gasteiger charge is 2.09. The summed E-state index contributed by atoms with van der Waals surface area (Å²) in [4.78, 5) is 0. The lowest BCUT2D eigenvalue weighted by molar-refractivity contribution is 0.670. The fourth-order valence-corrected chi connectivity index (χ4v) is 1.91. The molecule has 0 spiro atoms. The highest BCUT2D eigenvalue weighted by molar-refractivity contribution is 5.33. The van der Waals surface area contributed by atoms with Crippen molar-refractivity contribution < 1.29 is 0 Å². The summed E-state index contributed by atoms with van der Waals surface area (Å²) < 4.78 is 0. The van der Waals surface area contributed by atoms with Gasteiger partial charge in [0.1, 0.15) is 0 Å². The maximum Gasteiger partial charge on any atom is -0.0127 e. The van der Waals surface area contributed by atoms with E-state index in [0.717, 1.165) is 6.42 Å². The molecule has 0 bridgehead atoms. The summed E-state index contributed by atoms with van der Waals surface area (Å²) >= 11 is 0. The molecule has 0 radical (unpaired) electrons. The summed E-state index contributed by atoms with van der Waals surface area (Å²) in [5.41, 5.74) is 4.25. The fraction of sp³-hybridized carbons (Fsp3) is 0.429. The lowest BCUT2D eigenvalue weighted by Gasteiger charge is -2.16. The second kappa shape index (κ2) is 4.99. The van der Waals surface area contributed by atoms with E-state index in [2.05, 4.69) is 45.5 Å². The highest BCUT2D eigenvalue weighted by atomic mass is 14.1. The van der Waals surface area contributed by atoms with Gasteiger partial charge in [-0.2, -0.15) is 0 Å². The van der Waals surface area contributed by atoms with Crippen LogP contribution < -0.4 is 0 Å². The van der Waals surface area contributed by atoms with Gasteiger partial charge in [-0.25, -0.2) is 0 Å². The van der Waals surface area contributed by atoms with E-state index in [1.165, 1.54) is 23.1 Å². The predicted octanol–water partition coefficient (Wildman–Crippen LogP) is 4.37. The molecule has 0 saturated carbocycles. The number of rotatable bonds is 4. The van der Waals surface area contributed by atoms with Crippen LogP contribution in [0.1, 0.15) is 42.4 Å². The van der Waals surface area contributed by atoms with Gasteiger partial charge in [-0.05, 0) is 43.7 Å². The van der Waals surface area contributed by atoms with Gasteiger partial charge in [-0.15, -0.1) is 6.58 Å². The van der Waals surface area contributed by atoms with Gasteiger partial charge in [0.15, 0.2) is 0 Å². The van der Waals surface area contributed by atoms with Crippen molar-refractivity contribution in [3.05, 3.63) is 47.5 Å². The maximum absolute atomic E-state index is 3.83. The van der Waals surface area contributed by atoms with Crippen molar-refractivity contribution in [3.8, 4) is 0 Å². The monoisotopic (exact) mass is 188 g/mol. The molecule has 1 rings (SSSR count). The predicted molar refractivity (Wildman–Crippen MR) is 63.8 cm³/mol. The molecule has 0 aliphatic heterocycles. The summed E-state index contributed by atoms with van der Waals surface area (Å²) in [5.74, 6) is 0.646. The molecule has 0 heterocycles. The Balaban J connectivity index is 3.01. The summed E-state index contributed by atoms with van der Waals surface area (Å²) in [6.07, 6.45) is 4.30. The van der Waals surface area contributed by atoms with E-state index in [0.29, 0.717) is 5.92 Å².